The monoisotopic (exact) mass is 281 g/mol. The molecule has 0 unspecified atom stereocenters. The van der Waals surface area contributed by atoms with Crippen molar-refractivity contribution in [3.05, 3.63) is 24.2 Å². The lowest BCUT2D eigenvalue weighted by Crippen LogP contribution is -2.44. The SMILES string of the molecule is CCN(CC(=O)NCc1ccco1)CC(=O)NC(C)C. The van der Waals surface area contributed by atoms with Crippen molar-refractivity contribution in [2.75, 3.05) is 19.6 Å². The van der Waals surface area contributed by atoms with E-state index in [9.17, 15) is 9.59 Å². The van der Waals surface area contributed by atoms with Gasteiger partial charge in [0.15, 0.2) is 0 Å². The third-order valence-corrected chi connectivity index (χ3v) is 2.67. The van der Waals surface area contributed by atoms with Gasteiger partial charge in [-0.3, -0.25) is 14.5 Å². The van der Waals surface area contributed by atoms with Gasteiger partial charge in [-0.1, -0.05) is 6.92 Å². The number of furan rings is 1. The van der Waals surface area contributed by atoms with Crippen LogP contribution in [0.25, 0.3) is 0 Å². The predicted molar refractivity (Wildman–Crippen MR) is 75.9 cm³/mol. The van der Waals surface area contributed by atoms with Crippen LogP contribution in [0.15, 0.2) is 22.8 Å². The van der Waals surface area contributed by atoms with Gasteiger partial charge in [0.05, 0.1) is 25.9 Å². The van der Waals surface area contributed by atoms with Crippen molar-refractivity contribution in [3.8, 4) is 0 Å². The Morgan fingerprint density at radius 1 is 1.30 bits per heavy atom. The summed E-state index contributed by atoms with van der Waals surface area (Å²) in [4.78, 5) is 25.2. The van der Waals surface area contributed by atoms with Gasteiger partial charge in [0.2, 0.25) is 11.8 Å². The minimum Gasteiger partial charge on any atom is -0.467 e. The van der Waals surface area contributed by atoms with E-state index in [-0.39, 0.29) is 30.9 Å². The van der Waals surface area contributed by atoms with Crippen LogP contribution >= 0.6 is 0 Å². The largest absolute Gasteiger partial charge is 0.467 e. The van der Waals surface area contributed by atoms with E-state index < -0.39 is 0 Å². The molecule has 0 aliphatic heterocycles. The Kier molecular flexibility index (Phi) is 6.79. The maximum Gasteiger partial charge on any atom is 0.234 e. The van der Waals surface area contributed by atoms with Crippen LogP contribution in [-0.2, 0) is 16.1 Å². The number of rotatable bonds is 8. The maximum atomic E-state index is 11.8. The second kappa shape index (κ2) is 8.37. The summed E-state index contributed by atoms with van der Waals surface area (Å²) in [5, 5.41) is 5.57. The Hall–Kier alpha value is -1.82. The van der Waals surface area contributed by atoms with Gasteiger partial charge in [-0.2, -0.15) is 0 Å². The van der Waals surface area contributed by atoms with E-state index in [0.717, 1.165) is 0 Å². The van der Waals surface area contributed by atoms with E-state index in [0.29, 0.717) is 18.8 Å². The summed E-state index contributed by atoms with van der Waals surface area (Å²) in [5.74, 6) is 0.514. The smallest absolute Gasteiger partial charge is 0.234 e. The number of hydrogen-bond acceptors (Lipinski definition) is 4. The summed E-state index contributed by atoms with van der Waals surface area (Å²) in [5.41, 5.74) is 0. The van der Waals surface area contributed by atoms with E-state index in [1.165, 1.54) is 0 Å². The molecule has 1 aromatic heterocycles. The molecule has 0 aromatic carbocycles. The fraction of sp³-hybridized carbons (Fsp3) is 0.571. The van der Waals surface area contributed by atoms with E-state index in [1.54, 1.807) is 23.3 Å². The van der Waals surface area contributed by atoms with Gasteiger partial charge >= 0.3 is 0 Å². The number of nitrogens with one attached hydrogen (secondary N) is 2. The second-order valence-electron chi connectivity index (χ2n) is 4.88. The average molecular weight is 281 g/mol. The van der Waals surface area contributed by atoms with Crippen molar-refractivity contribution >= 4 is 11.8 Å². The van der Waals surface area contributed by atoms with Gasteiger partial charge in [0.25, 0.3) is 0 Å². The van der Waals surface area contributed by atoms with Crippen molar-refractivity contribution in [1.29, 1.82) is 0 Å². The number of hydrogen-bond donors (Lipinski definition) is 2. The fourth-order valence-corrected chi connectivity index (χ4v) is 1.71. The first-order chi connectivity index (χ1) is 9.51. The van der Waals surface area contributed by atoms with Crippen molar-refractivity contribution in [2.24, 2.45) is 0 Å². The Bertz CT molecular complexity index is 415. The molecule has 1 aromatic rings. The Morgan fingerprint density at radius 3 is 2.55 bits per heavy atom. The fourth-order valence-electron chi connectivity index (χ4n) is 1.71. The molecule has 0 aliphatic carbocycles. The highest BCUT2D eigenvalue weighted by Crippen LogP contribution is 1.98. The first-order valence-electron chi connectivity index (χ1n) is 6.82. The number of nitrogens with zero attached hydrogens (tertiary/aromatic N) is 1. The van der Waals surface area contributed by atoms with Crippen molar-refractivity contribution in [1.82, 2.24) is 15.5 Å². The van der Waals surface area contributed by atoms with Gasteiger partial charge in [-0.25, -0.2) is 0 Å². The molecule has 0 aliphatic rings. The van der Waals surface area contributed by atoms with Gasteiger partial charge < -0.3 is 15.1 Å². The highest BCUT2D eigenvalue weighted by molar-refractivity contribution is 5.81. The topological polar surface area (TPSA) is 74.6 Å². The van der Waals surface area contributed by atoms with Crippen molar-refractivity contribution < 1.29 is 14.0 Å². The Labute approximate surface area is 119 Å². The summed E-state index contributed by atoms with van der Waals surface area (Å²) in [6, 6.07) is 3.68. The quantitative estimate of drug-likeness (QED) is 0.737. The molecule has 1 rings (SSSR count). The van der Waals surface area contributed by atoms with Crippen molar-refractivity contribution in [2.45, 2.75) is 33.4 Å². The predicted octanol–water partition coefficient (Wildman–Crippen LogP) is 0.742. The second-order valence-corrected chi connectivity index (χ2v) is 4.88. The number of carbonyl (C=O) groups excluding carboxylic acids is 2. The molecule has 2 amide bonds. The number of carbonyl (C=O) groups is 2. The molecule has 0 saturated heterocycles. The van der Waals surface area contributed by atoms with E-state index in [1.807, 2.05) is 20.8 Å². The molecule has 20 heavy (non-hydrogen) atoms. The highest BCUT2D eigenvalue weighted by atomic mass is 16.3. The highest BCUT2D eigenvalue weighted by Gasteiger charge is 2.13. The van der Waals surface area contributed by atoms with Crippen LogP contribution in [0.5, 0.6) is 0 Å². The summed E-state index contributed by atoms with van der Waals surface area (Å²) in [7, 11) is 0. The first kappa shape index (κ1) is 16.2. The third kappa shape index (κ3) is 6.38. The standard InChI is InChI=1S/C14H23N3O3/c1-4-17(10-14(19)16-11(2)3)9-13(18)15-8-12-6-5-7-20-12/h5-7,11H,4,8-10H2,1-3H3,(H,15,18)(H,16,19). The normalized spacial score (nSPS) is 10.8. The molecule has 6 heteroatoms. The summed E-state index contributed by atoms with van der Waals surface area (Å²) < 4.78 is 5.13. The summed E-state index contributed by atoms with van der Waals surface area (Å²) >= 11 is 0. The zero-order chi connectivity index (χ0) is 15.0. The Balaban J connectivity index is 2.31. The molecule has 0 saturated carbocycles. The Morgan fingerprint density at radius 2 is 2.00 bits per heavy atom. The summed E-state index contributed by atoms with van der Waals surface area (Å²) in [6.45, 7) is 7.16. The van der Waals surface area contributed by atoms with Crippen molar-refractivity contribution in [3.63, 3.8) is 0 Å². The first-order valence-corrected chi connectivity index (χ1v) is 6.82. The molecule has 0 fully saturated rings. The van der Waals surface area contributed by atoms with Gasteiger partial charge in [0.1, 0.15) is 5.76 Å². The minimum absolute atomic E-state index is 0.0688. The van der Waals surface area contributed by atoms with E-state index >= 15 is 0 Å². The lowest BCUT2D eigenvalue weighted by atomic mass is 10.3. The molecule has 1 heterocycles. The van der Waals surface area contributed by atoms with Crippen LogP contribution in [0.3, 0.4) is 0 Å². The molecule has 0 bridgehead atoms. The molecular weight excluding hydrogens is 258 g/mol. The average Bonchev–Trinajstić information content (AvgIpc) is 2.87. The molecular formula is C14H23N3O3. The summed E-state index contributed by atoms with van der Waals surface area (Å²) in [6.07, 6.45) is 1.57. The molecule has 0 radical (unpaired) electrons. The minimum atomic E-state index is -0.124. The van der Waals surface area contributed by atoms with Crippen LogP contribution in [-0.4, -0.2) is 42.4 Å². The molecule has 6 nitrogen and oxygen atoms in total. The van der Waals surface area contributed by atoms with E-state index in [4.69, 9.17) is 4.42 Å². The molecule has 0 spiro atoms. The number of amides is 2. The lowest BCUT2D eigenvalue weighted by molar-refractivity contribution is -0.125. The van der Waals surface area contributed by atoms with E-state index in [2.05, 4.69) is 10.6 Å². The van der Waals surface area contributed by atoms with Gasteiger partial charge in [-0.15, -0.1) is 0 Å². The number of likely N-dealkylation sites (N-methyl/N-ethyl adjacent to an activating group) is 1. The van der Waals surface area contributed by atoms with Gasteiger partial charge in [0, 0.05) is 6.04 Å². The van der Waals surface area contributed by atoms with Crippen LogP contribution in [0, 0.1) is 0 Å². The van der Waals surface area contributed by atoms with Crippen LogP contribution < -0.4 is 10.6 Å². The zero-order valence-corrected chi connectivity index (χ0v) is 12.3. The zero-order valence-electron chi connectivity index (χ0n) is 12.3. The maximum absolute atomic E-state index is 11.8. The molecule has 2 N–H and O–H groups in total. The molecule has 112 valence electrons. The molecule has 0 atom stereocenters. The third-order valence-electron chi connectivity index (χ3n) is 2.67. The van der Waals surface area contributed by atoms with Crippen LogP contribution in [0.4, 0.5) is 0 Å². The lowest BCUT2D eigenvalue weighted by Gasteiger charge is -2.20. The van der Waals surface area contributed by atoms with Gasteiger partial charge in [-0.05, 0) is 32.5 Å². The van der Waals surface area contributed by atoms with Crippen LogP contribution in [0.1, 0.15) is 26.5 Å². The van der Waals surface area contributed by atoms with Crippen LogP contribution in [0.2, 0.25) is 0 Å².